The van der Waals surface area contributed by atoms with E-state index in [1.165, 1.54) is 11.8 Å². The number of furan rings is 1. The summed E-state index contributed by atoms with van der Waals surface area (Å²) in [4.78, 5) is 14.8. The molecule has 2 aromatic heterocycles. The first-order valence-corrected chi connectivity index (χ1v) is 10.5. The number of nitrogens with zero attached hydrogens (tertiary/aromatic N) is 4. The van der Waals surface area contributed by atoms with Crippen molar-refractivity contribution in [3.05, 3.63) is 47.2 Å². The van der Waals surface area contributed by atoms with Crippen LogP contribution >= 0.6 is 23.4 Å². The van der Waals surface area contributed by atoms with Gasteiger partial charge in [-0.25, -0.2) is 0 Å². The lowest BCUT2D eigenvalue weighted by atomic mass is 9.87. The van der Waals surface area contributed by atoms with Crippen LogP contribution in [0.4, 0.5) is 5.69 Å². The molecule has 4 rings (SSSR count). The van der Waals surface area contributed by atoms with E-state index in [1.54, 1.807) is 6.26 Å². The monoisotopic (exact) mass is 416 g/mol. The van der Waals surface area contributed by atoms with Gasteiger partial charge in [-0.15, -0.1) is 10.2 Å². The van der Waals surface area contributed by atoms with Gasteiger partial charge in [-0.3, -0.25) is 9.36 Å². The fourth-order valence-corrected chi connectivity index (χ4v) is 4.97. The highest BCUT2D eigenvalue weighted by Crippen LogP contribution is 2.44. The number of halogens is 1. The summed E-state index contributed by atoms with van der Waals surface area (Å²) in [6, 6.07) is 9.40. The van der Waals surface area contributed by atoms with Crippen LogP contribution in [0.15, 0.2) is 46.2 Å². The van der Waals surface area contributed by atoms with Crippen molar-refractivity contribution in [3.63, 3.8) is 0 Å². The van der Waals surface area contributed by atoms with Crippen molar-refractivity contribution < 1.29 is 9.21 Å². The van der Waals surface area contributed by atoms with Crippen molar-refractivity contribution in [3.8, 4) is 11.6 Å². The first-order valence-electron chi connectivity index (χ1n) is 9.11. The van der Waals surface area contributed by atoms with Crippen LogP contribution in [-0.4, -0.2) is 33.0 Å². The molecule has 8 heteroatoms. The van der Waals surface area contributed by atoms with Crippen LogP contribution in [0.5, 0.6) is 0 Å². The summed E-state index contributed by atoms with van der Waals surface area (Å²) in [5.74, 6) is 1.64. The van der Waals surface area contributed by atoms with E-state index in [4.69, 9.17) is 16.0 Å². The second-order valence-electron chi connectivity index (χ2n) is 7.31. The van der Waals surface area contributed by atoms with Crippen LogP contribution in [-0.2, 0) is 16.8 Å². The van der Waals surface area contributed by atoms with Crippen molar-refractivity contribution in [2.75, 3.05) is 17.2 Å². The Balaban J connectivity index is 1.53. The minimum absolute atomic E-state index is 0.0318. The Morgan fingerprint density at radius 2 is 2.11 bits per heavy atom. The van der Waals surface area contributed by atoms with Gasteiger partial charge in [0.05, 0.1) is 12.0 Å². The summed E-state index contributed by atoms with van der Waals surface area (Å²) in [6.07, 6.45) is 1.61. The minimum Gasteiger partial charge on any atom is -0.461 e. The number of rotatable bonds is 5. The van der Waals surface area contributed by atoms with E-state index in [0.717, 1.165) is 11.3 Å². The number of carbonyl (C=O) groups is 1. The van der Waals surface area contributed by atoms with Crippen molar-refractivity contribution >= 4 is 35.0 Å². The van der Waals surface area contributed by atoms with Gasteiger partial charge in [-0.05, 0) is 31.2 Å². The molecule has 0 aliphatic carbocycles. The summed E-state index contributed by atoms with van der Waals surface area (Å²) < 4.78 is 7.39. The number of thioether (sulfide) groups is 1. The molecule has 0 unspecified atom stereocenters. The first-order chi connectivity index (χ1) is 13.4. The Labute approximate surface area is 172 Å². The predicted molar refractivity (Wildman–Crippen MR) is 111 cm³/mol. The van der Waals surface area contributed by atoms with Gasteiger partial charge >= 0.3 is 0 Å². The number of benzene rings is 1. The number of amides is 1. The zero-order valence-corrected chi connectivity index (χ0v) is 17.5. The van der Waals surface area contributed by atoms with E-state index >= 15 is 0 Å². The zero-order chi connectivity index (χ0) is 19.9. The summed E-state index contributed by atoms with van der Waals surface area (Å²) in [7, 11) is 0. The highest BCUT2D eigenvalue weighted by Gasteiger charge is 2.39. The number of fused-ring (bicyclic) bond motifs is 1. The summed E-state index contributed by atoms with van der Waals surface area (Å²) in [5.41, 5.74) is 1.76. The minimum atomic E-state index is -0.177. The predicted octanol–water partition coefficient (Wildman–Crippen LogP) is 4.63. The second kappa shape index (κ2) is 7.29. The van der Waals surface area contributed by atoms with Crippen LogP contribution in [0.25, 0.3) is 11.6 Å². The second-order valence-corrected chi connectivity index (χ2v) is 8.66. The van der Waals surface area contributed by atoms with E-state index in [1.807, 2.05) is 46.7 Å². The average molecular weight is 417 g/mol. The molecule has 3 aromatic rings. The smallest absolute Gasteiger partial charge is 0.237 e. The van der Waals surface area contributed by atoms with Gasteiger partial charge in [0.1, 0.15) is 0 Å². The van der Waals surface area contributed by atoms with Crippen LogP contribution in [0.1, 0.15) is 26.3 Å². The number of anilines is 1. The van der Waals surface area contributed by atoms with Crippen molar-refractivity contribution in [1.29, 1.82) is 0 Å². The standard InChI is InChI=1S/C20H21ClN4O2S/c1-4-24-18(15-9-6-10-27-15)22-23-19(24)28-11-16(26)25-12-20(2,3)17-13(21)7-5-8-14(17)25/h5-10H,4,11-12H2,1-3H3. The molecule has 6 nitrogen and oxygen atoms in total. The molecule has 3 heterocycles. The van der Waals surface area contributed by atoms with Gasteiger partial charge in [-0.2, -0.15) is 0 Å². The number of carbonyl (C=O) groups excluding carboxylic acids is 1. The number of hydrogen-bond donors (Lipinski definition) is 0. The lowest BCUT2D eigenvalue weighted by Crippen LogP contribution is -2.35. The van der Waals surface area contributed by atoms with E-state index in [0.29, 0.717) is 34.9 Å². The Bertz CT molecular complexity index is 1010. The SMILES string of the molecule is CCn1c(SCC(=O)N2CC(C)(C)c3c(Cl)cccc32)nnc1-c1ccco1. The number of aromatic nitrogens is 3. The summed E-state index contributed by atoms with van der Waals surface area (Å²) >= 11 is 7.80. The molecule has 0 atom stereocenters. The molecule has 0 bridgehead atoms. The van der Waals surface area contributed by atoms with Crippen molar-refractivity contribution in [1.82, 2.24) is 14.8 Å². The maximum Gasteiger partial charge on any atom is 0.237 e. The van der Waals surface area contributed by atoms with E-state index < -0.39 is 0 Å². The zero-order valence-electron chi connectivity index (χ0n) is 16.0. The fraction of sp³-hybridized carbons (Fsp3) is 0.350. The molecule has 0 N–H and O–H groups in total. The molecule has 146 valence electrons. The maximum absolute atomic E-state index is 13.0. The normalized spacial score (nSPS) is 15.1. The van der Waals surface area contributed by atoms with Gasteiger partial charge in [0.25, 0.3) is 0 Å². The quantitative estimate of drug-likeness (QED) is 0.567. The van der Waals surface area contributed by atoms with Gasteiger partial charge in [0.2, 0.25) is 5.91 Å². The topological polar surface area (TPSA) is 64.2 Å². The largest absolute Gasteiger partial charge is 0.461 e. The third-order valence-corrected chi connectivity index (χ3v) is 6.18. The Hall–Kier alpha value is -2.25. The molecule has 0 saturated heterocycles. The molecule has 0 radical (unpaired) electrons. The molecular weight excluding hydrogens is 396 g/mol. The number of hydrogen-bond acceptors (Lipinski definition) is 5. The molecular formula is C20H21ClN4O2S. The highest BCUT2D eigenvalue weighted by molar-refractivity contribution is 7.99. The molecule has 0 saturated carbocycles. The average Bonchev–Trinajstić information content (AvgIpc) is 3.37. The van der Waals surface area contributed by atoms with Crippen LogP contribution < -0.4 is 4.90 Å². The molecule has 1 aliphatic heterocycles. The Morgan fingerprint density at radius 3 is 2.82 bits per heavy atom. The first kappa shape index (κ1) is 19.1. The van der Waals surface area contributed by atoms with Crippen molar-refractivity contribution in [2.45, 2.75) is 37.9 Å². The maximum atomic E-state index is 13.0. The van der Waals surface area contributed by atoms with E-state index in [9.17, 15) is 4.79 Å². The Kier molecular flexibility index (Phi) is 4.97. The third kappa shape index (κ3) is 3.22. The molecule has 28 heavy (non-hydrogen) atoms. The van der Waals surface area contributed by atoms with E-state index in [2.05, 4.69) is 24.0 Å². The summed E-state index contributed by atoms with van der Waals surface area (Å²) in [6.45, 7) is 7.55. The highest BCUT2D eigenvalue weighted by atomic mass is 35.5. The molecule has 1 amide bonds. The van der Waals surface area contributed by atoms with Gasteiger partial charge in [0, 0.05) is 34.8 Å². The molecule has 0 spiro atoms. The van der Waals surface area contributed by atoms with Gasteiger partial charge < -0.3 is 9.32 Å². The van der Waals surface area contributed by atoms with E-state index in [-0.39, 0.29) is 17.1 Å². The Morgan fingerprint density at radius 1 is 1.29 bits per heavy atom. The third-order valence-electron chi connectivity index (χ3n) is 4.91. The molecule has 0 fully saturated rings. The molecule has 1 aliphatic rings. The van der Waals surface area contributed by atoms with Crippen LogP contribution in [0.3, 0.4) is 0 Å². The fourth-order valence-electron chi connectivity index (χ4n) is 3.66. The van der Waals surface area contributed by atoms with Gasteiger partial charge in [-0.1, -0.05) is 43.3 Å². The lowest BCUT2D eigenvalue weighted by Gasteiger charge is -2.20. The lowest BCUT2D eigenvalue weighted by molar-refractivity contribution is -0.116. The van der Waals surface area contributed by atoms with Crippen LogP contribution in [0, 0.1) is 0 Å². The van der Waals surface area contributed by atoms with Gasteiger partial charge in [0.15, 0.2) is 16.7 Å². The van der Waals surface area contributed by atoms with Crippen molar-refractivity contribution in [2.24, 2.45) is 0 Å². The van der Waals surface area contributed by atoms with Crippen LogP contribution in [0.2, 0.25) is 5.02 Å². The molecule has 1 aromatic carbocycles. The summed E-state index contributed by atoms with van der Waals surface area (Å²) in [5, 5.41) is 9.89.